The Morgan fingerprint density at radius 3 is 2.31 bits per heavy atom. The molecule has 1 fully saturated rings. The number of hydrogen-bond donors (Lipinski definition) is 2. The minimum atomic E-state index is -3.41. The molecule has 0 unspecified atom stereocenters. The number of rotatable bonds is 4. The van der Waals surface area contributed by atoms with Crippen LogP contribution in [-0.4, -0.2) is 44.1 Å². The van der Waals surface area contributed by atoms with Crippen LogP contribution in [0.1, 0.15) is 59.7 Å². The Labute approximate surface area is 191 Å². The molecule has 3 rings (SSSR count). The van der Waals surface area contributed by atoms with Crippen LogP contribution in [0.4, 0.5) is 5.69 Å². The number of sulfonamides is 1. The first-order chi connectivity index (χ1) is 14.9. The van der Waals surface area contributed by atoms with Gasteiger partial charge in [0.15, 0.2) is 0 Å². The van der Waals surface area contributed by atoms with Crippen LogP contribution in [0, 0.1) is 18.8 Å². The standard InChI is InChI=1S/C25H31N3O3S/c1-18-5-8-22(17-23(18)27-32(4,30)31)24(29)28-15-12-21(13-16-28)20-9-6-19(7-10-20)11-14-25(2,3)26/h5-10,17,21,27H,12-13,15-16,26H2,1-4H3. The normalized spacial score (nSPS) is 15.1. The summed E-state index contributed by atoms with van der Waals surface area (Å²) in [7, 11) is -3.41. The number of nitrogens with two attached hydrogens (primary N) is 1. The van der Waals surface area contributed by atoms with Crippen LogP contribution in [0.15, 0.2) is 42.5 Å². The smallest absolute Gasteiger partial charge is 0.253 e. The number of aryl methyl sites for hydroxylation is 1. The third-order valence-electron chi connectivity index (χ3n) is 5.47. The van der Waals surface area contributed by atoms with Gasteiger partial charge in [-0.2, -0.15) is 0 Å². The van der Waals surface area contributed by atoms with E-state index in [1.807, 2.05) is 30.9 Å². The second-order valence-corrected chi connectivity index (χ2v) is 10.8. The molecular weight excluding hydrogens is 422 g/mol. The summed E-state index contributed by atoms with van der Waals surface area (Å²) in [4.78, 5) is 14.8. The minimum Gasteiger partial charge on any atom is -0.339 e. The molecule has 0 radical (unpaired) electrons. The summed E-state index contributed by atoms with van der Waals surface area (Å²) in [6.07, 6.45) is 2.86. The molecule has 0 atom stereocenters. The summed E-state index contributed by atoms with van der Waals surface area (Å²) in [5.74, 6) is 6.47. The van der Waals surface area contributed by atoms with Crippen molar-refractivity contribution in [2.24, 2.45) is 5.73 Å². The number of piperidine rings is 1. The maximum atomic E-state index is 13.0. The minimum absolute atomic E-state index is 0.0741. The number of amides is 1. The highest BCUT2D eigenvalue weighted by atomic mass is 32.2. The maximum Gasteiger partial charge on any atom is 0.253 e. The Bertz CT molecular complexity index is 1150. The molecule has 0 aromatic heterocycles. The molecule has 1 saturated heterocycles. The third-order valence-corrected chi connectivity index (χ3v) is 6.06. The predicted octanol–water partition coefficient (Wildman–Crippen LogP) is 3.48. The molecule has 1 aliphatic rings. The fraction of sp³-hybridized carbons (Fsp3) is 0.400. The van der Waals surface area contributed by atoms with E-state index in [1.165, 1.54) is 5.56 Å². The van der Waals surface area contributed by atoms with Crippen molar-refractivity contribution < 1.29 is 13.2 Å². The van der Waals surface area contributed by atoms with Gasteiger partial charge in [0, 0.05) is 24.2 Å². The van der Waals surface area contributed by atoms with Crippen LogP contribution in [0.25, 0.3) is 0 Å². The molecule has 7 heteroatoms. The van der Waals surface area contributed by atoms with Crippen molar-refractivity contribution in [3.05, 3.63) is 64.7 Å². The molecule has 6 nitrogen and oxygen atoms in total. The SMILES string of the molecule is Cc1ccc(C(=O)N2CCC(c3ccc(C#CC(C)(C)N)cc3)CC2)cc1NS(C)(=O)=O. The predicted molar refractivity (Wildman–Crippen MR) is 129 cm³/mol. The average Bonchev–Trinajstić information content (AvgIpc) is 2.72. The van der Waals surface area contributed by atoms with Gasteiger partial charge in [-0.05, 0) is 74.9 Å². The first kappa shape index (κ1) is 23.8. The van der Waals surface area contributed by atoms with Crippen LogP contribution in [-0.2, 0) is 10.0 Å². The Morgan fingerprint density at radius 2 is 1.75 bits per heavy atom. The summed E-state index contributed by atoms with van der Waals surface area (Å²) >= 11 is 0. The van der Waals surface area contributed by atoms with Crippen molar-refractivity contribution in [1.82, 2.24) is 4.90 Å². The highest BCUT2D eigenvalue weighted by molar-refractivity contribution is 7.92. The second kappa shape index (κ2) is 9.35. The van der Waals surface area contributed by atoms with Crippen molar-refractivity contribution in [2.45, 2.75) is 45.1 Å². The topological polar surface area (TPSA) is 92.5 Å². The van der Waals surface area contributed by atoms with Gasteiger partial charge in [0.2, 0.25) is 10.0 Å². The molecule has 3 N–H and O–H groups in total. The number of carbonyl (C=O) groups is 1. The fourth-order valence-corrected chi connectivity index (χ4v) is 4.35. The van der Waals surface area contributed by atoms with E-state index in [0.717, 1.165) is 30.2 Å². The zero-order chi connectivity index (χ0) is 23.5. The van der Waals surface area contributed by atoms with Gasteiger partial charge in [-0.25, -0.2) is 8.42 Å². The Hall–Kier alpha value is -2.82. The van der Waals surface area contributed by atoms with E-state index in [0.29, 0.717) is 30.3 Å². The lowest BCUT2D eigenvalue weighted by Gasteiger charge is -2.32. The molecule has 32 heavy (non-hydrogen) atoms. The highest BCUT2D eigenvalue weighted by Gasteiger charge is 2.25. The van der Waals surface area contributed by atoms with E-state index in [1.54, 1.807) is 25.1 Å². The zero-order valence-corrected chi connectivity index (χ0v) is 19.9. The number of carbonyl (C=O) groups excluding carboxylic acids is 1. The largest absolute Gasteiger partial charge is 0.339 e. The molecule has 0 bridgehead atoms. The van der Waals surface area contributed by atoms with Crippen LogP contribution in [0.5, 0.6) is 0 Å². The Kier molecular flexibility index (Phi) is 6.97. The van der Waals surface area contributed by atoms with Gasteiger partial charge in [0.25, 0.3) is 5.91 Å². The molecule has 0 aliphatic carbocycles. The number of nitrogens with one attached hydrogen (secondary N) is 1. The van der Waals surface area contributed by atoms with E-state index in [2.05, 4.69) is 28.7 Å². The molecule has 0 saturated carbocycles. The number of benzene rings is 2. The molecule has 0 spiro atoms. The molecule has 2 aromatic rings. The summed E-state index contributed by atoms with van der Waals surface area (Å²) < 4.78 is 25.7. The summed E-state index contributed by atoms with van der Waals surface area (Å²) in [5.41, 5.74) is 9.30. The summed E-state index contributed by atoms with van der Waals surface area (Å²) in [6, 6.07) is 13.4. The average molecular weight is 454 g/mol. The molecule has 170 valence electrons. The van der Waals surface area contributed by atoms with Crippen molar-refractivity contribution in [3.8, 4) is 11.8 Å². The van der Waals surface area contributed by atoms with Gasteiger partial charge in [-0.1, -0.05) is 30.0 Å². The third kappa shape index (κ3) is 6.59. The fourth-order valence-electron chi connectivity index (χ4n) is 3.74. The lowest BCUT2D eigenvalue weighted by molar-refractivity contribution is 0.0713. The highest BCUT2D eigenvalue weighted by Crippen LogP contribution is 2.29. The van der Waals surface area contributed by atoms with Gasteiger partial charge < -0.3 is 10.6 Å². The van der Waals surface area contributed by atoms with E-state index < -0.39 is 15.6 Å². The molecule has 2 aromatic carbocycles. The maximum absolute atomic E-state index is 13.0. The Morgan fingerprint density at radius 1 is 1.12 bits per heavy atom. The number of anilines is 1. The van der Waals surface area contributed by atoms with Gasteiger partial charge in [0.1, 0.15) is 0 Å². The quantitative estimate of drug-likeness (QED) is 0.694. The van der Waals surface area contributed by atoms with Crippen molar-refractivity contribution in [1.29, 1.82) is 0 Å². The van der Waals surface area contributed by atoms with Crippen molar-refractivity contribution in [2.75, 3.05) is 24.1 Å². The Balaban J connectivity index is 1.64. The molecule has 1 amide bonds. The van der Waals surface area contributed by atoms with Crippen LogP contribution in [0.3, 0.4) is 0 Å². The molecule has 1 aliphatic heterocycles. The van der Waals surface area contributed by atoms with Crippen molar-refractivity contribution >= 4 is 21.6 Å². The zero-order valence-electron chi connectivity index (χ0n) is 19.1. The van der Waals surface area contributed by atoms with Crippen LogP contribution < -0.4 is 10.5 Å². The lowest BCUT2D eigenvalue weighted by atomic mass is 9.88. The second-order valence-electron chi connectivity index (χ2n) is 9.06. The van der Waals surface area contributed by atoms with Gasteiger partial charge >= 0.3 is 0 Å². The first-order valence-corrected chi connectivity index (χ1v) is 12.6. The van der Waals surface area contributed by atoms with Crippen molar-refractivity contribution in [3.63, 3.8) is 0 Å². The number of likely N-dealkylation sites (tertiary alicyclic amines) is 1. The molecule has 1 heterocycles. The van der Waals surface area contributed by atoms with Gasteiger partial charge in [-0.3, -0.25) is 9.52 Å². The lowest BCUT2D eigenvalue weighted by Crippen LogP contribution is -2.38. The van der Waals surface area contributed by atoms with Crippen LogP contribution >= 0.6 is 0 Å². The van der Waals surface area contributed by atoms with E-state index in [4.69, 9.17) is 5.73 Å². The summed E-state index contributed by atoms with van der Waals surface area (Å²) in [5, 5.41) is 0. The van der Waals surface area contributed by atoms with E-state index in [-0.39, 0.29) is 5.91 Å². The summed E-state index contributed by atoms with van der Waals surface area (Å²) in [6.45, 7) is 6.89. The van der Waals surface area contributed by atoms with Crippen LogP contribution in [0.2, 0.25) is 0 Å². The molecular formula is C25H31N3O3S. The van der Waals surface area contributed by atoms with Gasteiger partial charge in [0.05, 0.1) is 17.5 Å². The first-order valence-electron chi connectivity index (χ1n) is 10.7. The monoisotopic (exact) mass is 453 g/mol. The number of nitrogens with zero attached hydrogens (tertiary/aromatic N) is 1. The van der Waals surface area contributed by atoms with E-state index in [9.17, 15) is 13.2 Å². The number of hydrogen-bond acceptors (Lipinski definition) is 4. The van der Waals surface area contributed by atoms with E-state index >= 15 is 0 Å². The van der Waals surface area contributed by atoms with Gasteiger partial charge in [-0.15, -0.1) is 0 Å².